The lowest BCUT2D eigenvalue weighted by Crippen LogP contribution is -2.54. The average molecular weight is 320 g/mol. The number of rotatable bonds is 4. The van der Waals surface area contributed by atoms with Crippen LogP contribution in [0, 0.1) is 0 Å². The molecule has 1 saturated heterocycles. The van der Waals surface area contributed by atoms with E-state index in [1.54, 1.807) is 6.20 Å². The van der Waals surface area contributed by atoms with Crippen LogP contribution in [0.25, 0.3) is 0 Å². The molecule has 2 heterocycles. The molecule has 7 nitrogen and oxygen atoms in total. The largest absolute Gasteiger partial charge is 0.336 e. The van der Waals surface area contributed by atoms with Crippen LogP contribution >= 0.6 is 0 Å². The van der Waals surface area contributed by atoms with Gasteiger partial charge in [-0.3, -0.25) is 9.58 Å². The molecule has 2 N–H and O–H groups in total. The van der Waals surface area contributed by atoms with Crippen molar-refractivity contribution in [2.45, 2.75) is 37.8 Å². The minimum atomic E-state index is -0.155. The van der Waals surface area contributed by atoms with Gasteiger partial charge in [-0.05, 0) is 26.9 Å². The van der Waals surface area contributed by atoms with E-state index < -0.39 is 0 Å². The highest BCUT2D eigenvalue weighted by Gasteiger charge is 2.22. The molecule has 0 bridgehead atoms. The molecule has 128 valence electrons. The van der Waals surface area contributed by atoms with Gasteiger partial charge in [0.2, 0.25) is 0 Å². The quantitative estimate of drug-likeness (QED) is 0.879. The first-order chi connectivity index (χ1) is 11.1. The molecule has 0 radical (unpaired) electrons. The van der Waals surface area contributed by atoms with Crippen LogP contribution in [0.2, 0.25) is 0 Å². The second-order valence-electron chi connectivity index (χ2n) is 6.88. The Morgan fingerprint density at radius 3 is 2.87 bits per heavy atom. The van der Waals surface area contributed by atoms with Gasteiger partial charge in [0.25, 0.3) is 0 Å². The van der Waals surface area contributed by atoms with Gasteiger partial charge < -0.3 is 15.5 Å². The van der Waals surface area contributed by atoms with Crippen LogP contribution in [0.4, 0.5) is 10.5 Å². The number of nitrogens with zero attached hydrogens (tertiary/aromatic N) is 4. The van der Waals surface area contributed by atoms with E-state index in [1.165, 1.54) is 25.7 Å². The molecule has 1 aliphatic heterocycles. The number of hydrogen-bond acceptors (Lipinski definition) is 4. The van der Waals surface area contributed by atoms with E-state index in [0.717, 1.165) is 25.3 Å². The van der Waals surface area contributed by atoms with Crippen molar-refractivity contribution in [1.29, 1.82) is 0 Å². The molecule has 3 rings (SSSR count). The molecule has 1 aromatic heterocycles. The zero-order valence-electron chi connectivity index (χ0n) is 14.2. The number of carbonyl (C=O) groups excluding carboxylic acids is 1. The number of aromatic nitrogens is 2. The van der Waals surface area contributed by atoms with Crippen LogP contribution in [0.5, 0.6) is 0 Å². The van der Waals surface area contributed by atoms with E-state index in [4.69, 9.17) is 0 Å². The van der Waals surface area contributed by atoms with Gasteiger partial charge in [-0.25, -0.2) is 4.79 Å². The Balaban J connectivity index is 1.45. The molecule has 23 heavy (non-hydrogen) atoms. The number of urea groups is 1. The molecule has 2 amide bonds. The topological polar surface area (TPSA) is 65.4 Å². The smallest absolute Gasteiger partial charge is 0.319 e. The van der Waals surface area contributed by atoms with Gasteiger partial charge in [0.1, 0.15) is 0 Å². The van der Waals surface area contributed by atoms with Crippen molar-refractivity contribution in [2.24, 2.45) is 0 Å². The summed E-state index contributed by atoms with van der Waals surface area (Å²) in [6.07, 6.45) is 8.60. The third kappa shape index (κ3) is 4.23. The van der Waals surface area contributed by atoms with E-state index in [9.17, 15) is 4.79 Å². The van der Waals surface area contributed by atoms with Crippen LogP contribution in [0.15, 0.2) is 12.4 Å². The predicted octanol–water partition coefficient (Wildman–Crippen LogP) is 1.37. The van der Waals surface area contributed by atoms with Crippen molar-refractivity contribution in [3.05, 3.63) is 12.4 Å². The van der Waals surface area contributed by atoms with Crippen molar-refractivity contribution in [2.75, 3.05) is 45.6 Å². The van der Waals surface area contributed by atoms with Crippen molar-refractivity contribution < 1.29 is 4.79 Å². The van der Waals surface area contributed by atoms with Gasteiger partial charge in [0.05, 0.1) is 17.9 Å². The lowest BCUT2D eigenvalue weighted by Gasteiger charge is -2.37. The highest BCUT2D eigenvalue weighted by Crippen LogP contribution is 2.29. The molecule has 2 aliphatic rings. The second-order valence-corrected chi connectivity index (χ2v) is 6.88. The number of carbonyl (C=O) groups is 1. The van der Waals surface area contributed by atoms with E-state index in [1.807, 2.05) is 10.9 Å². The molecular formula is C16H28N6O. The Labute approximate surface area is 138 Å². The SMILES string of the molecule is CN1CCN(C)C(CNC(=O)Nc2cnn(C3CCCC3)c2)C1. The van der Waals surface area contributed by atoms with Crippen LogP contribution in [-0.4, -0.2) is 71.9 Å². The molecule has 1 unspecified atom stereocenters. The first-order valence-electron chi connectivity index (χ1n) is 8.59. The molecule has 1 atom stereocenters. The summed E-state index contributed by atoms with van der Waals surface area (Å²) in [5, 5.41) is 10.2. The highest BCUT2D eigenvalue weighted by molar-refractivity contribution is 5.88. The van der Waals surface area contributed by atoms with Crippen LogP contribution in [0.3, 0.4) is 0 Å². The van der Waals surface area contributed by atoms with Crippen molar-refractivity contribution in [3.8, 4) is 0 Å². The standard InChI is InChI=1S/C16H28N6O/c1-20-7-8-21(2)15(12-20)10-17-16(23)19-13-9-18-22(11-13)14-5-3-4-6-14/h9,11,14-15H,3-8,10,12H2,1-2H3,(H2,17,19,23). The summed E-state index contributed by atoms with van der Waals surface area (Å²) in [6, 6.07) is 0.707. The molecule has 1 aromatic rings. The van der Waals surface area contributed by atoms with Crippen molar-refractivity contribution in [3.63, 3.8) is 0 Å². The summed E-state index contributed by atoms with van der Waals surface area (Å²) >= 11 is 0. The zero-order chi connectivity index (χ0) is 16.2. The number of piperazine rings is 1. The second kappa shape index (κ2) is 7.31. The van der Waals surface area contributed by atoms with Gasteiger partial charge in [-0.15, -0.1) is 0 Å². The summed E-state index contributed by atoms with van der Waals surface area (Å²) in [5.41, 5.74) is 0.767. The average Bonchev–Trinajstić information content (AvgIpc) is 3.19. The predicted molar refractivity (Wildman–Crippen MR) is 90.7 cm³/mol. The Bertz CT molecular complexity index is 524. The lowest BCUT2D eigenvalue weighted by atomic mass is 10.2. The number of amides is 2. The van der Waals surface area contributed by atoms with E-state index >= 15 is 0 Å². The molecule has 1 saturated carbocycles. The van der Waals surface area contributed by atoms with Gasteiger partial charge in [-0.2, -0.15) is 5.10 Å². The molecule has 2 fully saturated rings. The maximum absolute atomic E-state index is 12.1. The van der Waals surface area contributed by atoms with Crippen molar-refractivity contribution in [1.82, 2.24) is 24.9 Å². The summed E-state index contributed by atoms with van der Waals surface area (Å²) in [4.78, 5) is 16.7. The van der Waals surface area contributed by atoms with E-state index in [-0.39, 0.29) is 6.03 Å². The van der Waals surface area contributed by atoms with Gasteiger partial charge in [0.15, 0.2) is 0 Å². The Kier molecular flexibility index (Phi) is 5.17. The fraction of sp³-hybridized carbons (Fsp3) is 0.750. The monoisotopic (exact) mass is 320 g/mol. The minimum Gasteiger partial charge on any atom is -0.336 e. The molecule has 0 spiro atoms. The third-order valence-electron chi connectivity index (χ3n) is 5.04. The number of nitrogens with one attached hydrogen (secondary N) is 2. The maximum Gasteiger partial charge on any atom is 0.319 e. The van der Waals surface area contributed by atoms with E-state index in [0.29, 0.717) is 18.6 Å². The number of likely N-dealkylation sites (N-methyl/N-ethyl adjacent to an activating group) is 2. The van der Waals surface area contributed by atoms with Gasteiger partial charge >= 0.3 is 6.03 Å². The molecular weight excluding hydrogens is 292 g/mol. The summed E-state index contributed by atoms with van der Waals surface area (Å²) in [5.74, 6) is 0. The fourth-order valence-corrected chi connectivity index (χ4v) is 3.48. The Morgan fingerprint density at radius 2 is 2.09 bits per heavy atom. The number of hydrogen-bond donors (Lipinski definition) is 2. The fourth-order valence-electron chi connectivity index (χ4n) is 3.48. The van der Waals surface area contributed by atoms with Crippen LogP contribution in [0.1, 0.15) is 31.7 Å². The molecule has 7 heteroatoms. The zero-order valence-corrected chi connectivity index (χ0v) is 14.2. The Hall–Kier alpha value is -1.60. The van der Waals surface area contributed by atoms with Crippen LogP contribution in [-0.2, 0) is 0 Å². The van der Waals surface area contributed by atoms with Crippen LogP contribution < -0.4 is 10.6 Å². The normalized spacial score (nSPS) is 24.0. The molecule has 0 aromatic carbocycles. The minimum absolute atomic E-state index is 0.155. The summed E-state index contributed by atoms with van der Waals surface area (Å²) in [7, 11) is 4.24. The number of anilines is 1. The van der Waals surface area contributed by atoms with E-state index in [2.05, 4.69) is 39.6 Å². The highest BCUT2D eigenvalue weighted by atomic mass is 16.2. The lowest BCUT2D eigenvalue weighted by molar-refractivity contribution is 0.115. The van der Waals surface area contributed by atoms with Crippen molar-refractivity contribution >= 4 is 11.7 Å². The summed E-state index contributed by atoms with van der Waals surface area (Å²) < 4.78 is 1.99. The Morgan fingerprint density at radius 1 is 1.30 bits per heavy atom. The first-order valence-corrected chi connectivity index (χ1v) is 8.59. The first kappa shape index (κ1) is 16.3. The third-order valence-corrected chi connectivity index (χ3v) is 5.04. The van der Waals surface area contributed by atoms with Gasteiger partial charge in [0, 0.05) is 38.4 Å². The van der Waals surface area contributed by atoms with Gasteiger partial charge in [-0.1, -0.05) is 12.8 Å². The maximum atomic E-state index is 12.1. The summed E-state index contributed by atoms with van der Waals surface area (Å²) in [6.45, 7) is 3.76. The molecule has 1 aliphatic carbocycles.